The summed E-state index contributed by atoms with van der Waals surface area (Å²) < 4.78 is 10.7. The maximum atomic E-state index is 12.9. The third-order valence-electron chi connectivity index (χ3n) is 4.68. The molecule has 1 heterocycles. The molecule has 1 aromatic heterocycles. The number of likely N-dealkylation sites (N-methyl/N-ethyl adjacent to an activating group) is 1. The molecule has 0 bridgehead atoms. The summed E-state index contributed by atoms with van der Waals surface area (Å²) in [5, 5.41) is 6.04. The lowest BCUT2D eigenvalue weighted by atomic mass is 10.1. The number of nitrogens with zero attached hydrogens (tertiary/aromatic N) is 3. The molecule has 146 valence electrons. The molecule has 0 aliphatic carbocycles. The zero-order chi connectivity index (χ0) is 20.2. The number of hydrogen-bond donors (Lipinski definition) is 0. The highest BCUT2D eigenvalue weighted by Crippen LogP contribution is 2.27. The molecule has 0 unspecified atom stereocenters. The Bertz CT molecular complexity index is 1130. The average molecular weight is 387 g/mol. The first-order valence-electron chi connectivity index (χ1n) is 9.47. The zero-order valence-corrected chi connectivity index (χ0v) is 16.3. The van der Waals surface area contributed by atoms with Gasteiger partial charge in [-0.2, -0.15) is 4.98 Å². The zero-order valence-electron chi connectivity index (χ0n) is 16.3. The summed E-state index contributed by atoms with van der Waals surface area (Å²) in [6, 6.07) is 21.3. The van der Waals surface area contributed by atoms with Gasteiger partial charge >= 0.3 is 0 Å². The fourth-order valence-electron chi connectivity index (χ4n) is 3.26. The molecule has 4 aromatic rings. The Kier molecular flexibility index (Phi) is 5.24. The number of amides is 1. The van der Waals surface area contributed by atoms with Crippen LogP contribution in [-0.2, 0) is 4.79 Å². The minimum absolute atomic E-state index is 0.0439. The van der Waals surface area contributed by atoms with Crippen LogP contribution in [0.2, 0.25) is 0 Å². The minimum atomic E-state index is -0.0956. The molecular formula is C23H21N3O3. The lowest BCUT2D eigenvalue weighted by Crippen LogP contribution is -2.34. The lowest BCUT2D eigenvalue weighted by molar-refractivity contribution is -0.120. The molecule has 0 radical (unpaired) electrons. The van der Waals surface area contributed by atoms with E-state index in [-0.39, 0.29) is 12.5 Å². The molecule has 29 heavy (non-hydrogen) atoms. The van der Waals surface area contributed by atoms with Crippen molar-refractivity contribution in [3.05, 3.63) is 72.6 Å². The van der Waals surface area contributed by atoms with Crippen LogP contribution in [0.25, 0.3) is 22.2 Å². The fourth-order valence-corrected chi connectivity index (χ4v) is 3.26. The van der Waals surface area contributed by atoms with Crippen molar-refractivity contribution in [2.45, 2.75) is 13.8 Å². The Morgan fingerprint density at radius 2 is 1.79 bits per heavy atom. The summed E-state index contributed by atoms with van der Waals surface area (Å²) >= 11 is 0. The average Bonchev–Trinajstić information content (AvgIpc) is 3.19. The van der Waals surface area contributed by atoms with E-state index in [0.29, 0.717) is 24.0 Å². The molecule has 6 heteroatoms. The Balaban J connectivity index is 1.47. The van der Waals surface area contributed by atoms with E-state index in [9.17, 15) is 4.79 Å². The number of benzene rings is 3. The monoisotopic (exact) mass is 387 g/mol. The van der Waals surface area contributed by atoms with Gasteiger partial charge in [0, 0.05) is 24.4 Å². The maximum Gasteiger partial charge on any atom is 0.264 e. The van der Waals surface area contributed by atoms with Crippen LogP contribution in [0.5, 0.6) is 5.75 Å². The number of aromatic nitrogens is 2. The maximum absolute atomic E-state index is 12.9. The smallest absolute Gasteiger partial charge is 0.264 e. The number of rotatable bonds is 6. The molecule has 0 saturated carbocycles. The van der Waals surface area contributed by atoms with Crippen molar-refractivity contribution in [3.63, 3.8) is 0 Å². The highest BCUT2D eigenvalue weighted by Gasteiger charge is 2.17. The van der Waals surface area contributed by atoms with E-state index in [2.05, 4.69) is 10.1 Å². The molecule has 0 aliphatic heterocycles. The van der Waals surface area contributed by atoms with Crippen molar-refractivity contribution in [1.82, 2.24) is 10.1 Å². The van der Waals surface area contributed by atoms with Gasteiger partial charge in [0.25, 0.3) is 5.91 Å². The number of anilines is 1. The second-order valence-electron chi connectivity index (χ2n) is 6.59. The Labute approximate surface area is 168 Å². The molecule has 0 aliphatic rings. The minimum Gasteiger partial charge on any atom is -0.484 e. The quantitative estimate of drug-likeness (QED) is 0.482. The normalized spacial score (nSPS) is 10.8. The van der Waals surface area contributed by atoms with Crippen LogP contribution < -0.4 is 9.64 Å². The molecule has 0 atom stereocenters. The summed E-state index contributed by atoms with van der Waals surface area (Å²) in [6.45, 7) is 4.22. The predicted molar refractivity (Wildman–Crippen MR) is 112 cm³/mol. The van der Waals surface area contributed by atoms with Crippen molar-refractivity contribution < 1.29 is 14.1 Å². The highest BCUT2D eigenvalue weighted by atomic mass is 16.5. The van der Waals surface area contributed by atoms with Gasteiger partial charge in [0.2, 0.25) is 11.7 Å². The Morgan fingerprint density at radius 1 is 1.03 bits per heavy atom. The first-order valence-corrected chi connectivity index (χ1v) is 9.47. The summed E-state index contributed by atoms with van der Waals surface area (Å²) in [5.41, 5.74) is 1.72. The molecule has 0 N–H and O–H groups in total. The molecule has 4 rings (SSSR count). The Hall–Kier alpha value is -3.67. The lowest BCUT2D eigenvalue weighted by Gasteiger charge is -2.23. The first kappa shape index (κ1) is 18.7. The molecule has 1 amide bonds. The number of aryl methyl sites for hydroxylation is 1. The second kappa shape index (κ2) is 8.14. The van der Waals surface area contributed by atoms with E-state index >= 15 is 0 Å². The highest BCUT2D eigenvalue weighted by molar-refractivity contribution is 6.04. The second-order valence-corrected chi connectivity index (χ2v) is 6.59. The van der Waals surface area contributed by atoms with Crippen molar-refractivity contribution in [1.29, 1.82) is 0 Å². The van der Waals surface area contributed by atoms with Gasteiger partial charge in [-0.25, -0.2) is 0 Å². The van der Waals surface area contributed by atoms with Gasteiger partial charge in [0.1, 0.15) is 5.75 Å². The number of fused-ring (bicyclic) bond motifs is 1. The van der Waals surface area contributed by atoms with Gasteiger partial charge in [-0.1, -0.05) is 41.6 Å². The molecule has 0 fully saturated rings. The van der Waals surface area contributed by atoms with Crippen molar-refractivity contribution in [2.75, 3.05) is 18.1 Å². The van der Waals surface area contributed by atoms with E-state index < -0.39 is 0 Å². The van der Waals surface area contributed by atoms with E-state index in [1.165, 1.54) is 0 Å². The first-order chi connectivity index (χ1) is 14.2. The van der Waals surface area contributed by atoms with Crippen molar-refractivity contribution >= 4 is 22.4 Å². The molecule has 6 nitrogen and oxygen atoms in total. The van der Waals surface area contributed by atoms with Gasteiger partial charge in [0.15, 0.2) is 6.61 Å². The summed E-state index contributed by atoms with van der Waals surface area (Å²) in [4.78, 5) is 18.8. The summed E-state index contributed by atoms with van der Waals surface area (Å²) in [5.74, 6) is 1.55. The van der Waals surface area contributed by atoms with E-state index in [1.807, 2.05) is 61.5 Å². The molecular weight excluding hydrogens is 366 g/mol. The predicted octanol–water partition coefficient (Wildman–Crippen LogP) is 4.63. The molecule has 0 spiro atoms. The van der Waals surface area contributed by atoms with Crippen molar-refractivity contribution in [3.8, 4) is 17.1 Å². The number of carbonyl (C=O) groups is 1. The number of hydrogen-bond acceptors (Lipinski definition) is 5. The fraction of sp³-hybridized carbons (Fsp3) is 0.174. The summed E-state index contributed by atoms with van der Waals surface area (Å²) in [7, 11) is 0. The number of carbonyl (C=O) groups excluding carboxylic acids is 1. The topological polar surface area (TPSA) is 68.5 Å². The van der Waals surface area contributed by atoms with E-state index in [4.69, 9.17) is 9.26 Å². The van der Waals surface area contributed by atoms with E-state index in [1.54, 1.807) is 24.0 Å². The number of ether oxygens (including phenoxy) is 1. The third kappa shape index (κ3) is 3.96. The SMILES string of the molecule is CCN(C(=O)COc1ccc(-c2noc(C)n2)cc1)c1cccc2ccccc12. The van der Waals surface area contributed by atoms with Gasteiger partial charge in [0.05, 0.1) is 5.69 Å². The Morgan fingerprint density at radius 3 is 2.52 bits per heavy atom. The third-order valence-corrected chi connectivity index (χ3v) is 4.68. The largest absolute Gasteiger partial charge is 0.484 e. The van der Waals surface area contributed by atoms with Crippen LogP contribution in [-0.4, -0.2) is 29.2 Å². The summed E-state index contributed by atoms with van der Waals surface area (Å²) in [6.07, 6.45) is 0. The van der Waals surface area contributed by atoms with Gasteiger partial charge < -0.3 is 14.2 Å². The van der Waals surface area contributed by atoms with Crippen LogP contribution in [0.1, 0.15) is 12.8 Å². The van der Waals surface area contributed by atoms with Crippen molar-refractivity contribution in [2.24, 2.45) is 0 Å². The van der Waals surface area contributed by atoms with Crippen LogP contribution in [0.4, 0.5) is 5.69 Å². The van der Waals surface area contributed by atoms with Gasteiger partial charge in [-0.05, 0) is 42.6 Å². The van der Waals surface area contributed by atoms with Gasteiger partial charge in [-0.15, -0.1) is 0 Å². The van der Waals surface area contributed by atoms with Crippen LogP contribution in [0.3, 0.4) is 0 Å². The van der Waals surface area contributed by atoms with Gasteiger partial charge in [-0.3, -0.25) is 4.79 Å². The molecule has 0 saturated heterocycles. The van der Waals surface area contributed by atoms with Crippen LogP contribution in [0, 0.1) is 6.92 Å². The molecule has 3 aromatic carbocycles. The van der Waals surface area contributed by atoms with Crippen LogP contribution >= 0.6 is 0 Å². The van der Waals surface area contributed by atoms with Crippen LogP contribution in [0.15, 0.2) is 71.3 Å². The standard InChI is InChI=1S/C23H21N3O3/c1-3-26(21-10-6-8-17-7-4-5-9-20(17)21)22(27)15-28-19-13-11-18(12-14-19)23-24-16(2)29-25-23/h4-14H,3,15H2,1-2H3. The van der Waals surface area contributed by atoms with E-state index in [0.717, 1.165) is 22.0 Å².